The molecule has 82 valence electrons. The largest absolute Gasteiger partial charge is 0.383 e. The van der Waals surface area contributed by atoms with Crippen molar-refractivity contribution in [2.24, 2.45) is 0 Å². The van der Waals surface area contributed by atoms with Crippen molar-refractivity contribution >= 4 is 5.91 Å². The van der Waals surface area contributed by atoms with Gasteiger partial charge in [0.25, 0.3) is 0 Å². The van der Waals surface area contributed by atoms with Crippen molar-refractivity contribution < 1.29 is 9.53 Å². The average Bonchev–Trinajstić information content (AvgIpc) is 2.13. The Morgan fingerprint density at radius 2 is 2.14 bits per heavy atom. The molecule has 0 saturated heterocycles. The van der Waals surface area contributed by atoms with Gasteiger partial charge < -0.3 is 15.4 Å². The van der Waals surface area contributed by atoms with E-state index in [9.17, 15) is 4.79 Å². The molecule has 0 aromatic rings. The first kappa shape index (κ1) is 13.1. The lowest BCUT2D eigenvalue weighted by Gasteiger charge is -2.05. The molecule has 0 fully saturated rings. The third kappa shape index (κ3) is 9.22. The topological polar surface area (TPSA) is 50.4 Å². The summed E-state index contributed by atoms with van der Waals surface area (Å²) in [5.74, 6) is 0.0521. The maximum Gasteiger partial charge on any atom is 0.221 e. The fourth-order valence-electron chi connectivity index (χ4n) is 0.885. The van der Waals surface area contributed by atoms with E-state index in [1.807, 2.05) is 6.92 Å². The number of rotatable bonds is 8. The lowest BCUT2D eigenvalue weighted by Crippen LogP contribution is -2.30. The van der Waals surface area contributed by atoms with E-state index in [2.05, 4.69) is 17.2 Å². The molecule has 0 bridgehead atoms. The Bertz CT molecular complexity index is 181. The third-order valence-corrected chi connectivity index (χ3v) is 1.58. The maximum atomic E-state index is 11.1. The number of nitrogens with one attached hydrogen (secondary N) is 2. The zero-order chi connectivity index (χ0) is 10.8. The van der Waals surface area contributed by atoms with Gasteiger partial charge >= 0.3 is 0 Å². The van der Waals surface area contributed by atoms with Crippen molar-refractivity contribution in [2.75, 3.05) is 33.4 Å². The Morgan fingerprint density at radius 3 is 2.71 bits per heavy atom. The van der Waals surface area contributed by atoms with Crippen LogP contribution in [0.2, 0.25) is 0 Å². The normalized spacial score (nSPS) is 9.86. The maximum absolute atomic E-state index is 11.1. The van der Waals surface area contributed by atoms with Crippen molar-refractivity contribution in [3.63, 3.8) is 0 Å². The minimum atomic E-state index is 0.0521. The van der Waals surface area contributed by atoms with Crippen LogP contribution in [0.15, 0.2) is 12.2 Å². The quantitative estimate of drug-likeness (QED) is 0.438. The van der Waals surface area contributed by atoms with E-state index >= 15 is 0 Å². The summed E-state index contributed by atoms with van der Waals surface area (Å²) in [6.45, 7) is 8.30. The van der Waals surface area contributed by atoms with Gasteiger partial charge in [-0.2, -0.15) is 0 Å². The number of ether oxygens (including phenoxy) is 1. The van der Waals surface area contributed by atoms with Crippen LogP contribution in [0.25, 0.3) is 0 Å². The fourth-order valence-corrected chi connectivity index (χ4v) is 0.885. The summed E-state index contributed by atoms with van der Waals surface area (Å²) in [6.07, 6.45) is 0.497. The standard InChI is InChI=1S/C10H20N2O2/c1-9(2)8-11-5-4-10(13)12-6-7-14-3/h11H,1,4-8H2,2-3H3,(H,12,13). The highest BCUT2D eigenvalue weighted by Gasteiger charge is 1.98. The number of methoxy groups -OCH3 is 1. The number of carbonyl (C=O) groups excluding carboxylic acids is 1. The molecule has 0 unspecified atom stereocenters. The molecule has 0 aliphatic rings. The predicted octanol–water partition coefficient (Wildman–Crippen LogP) is 0.305. The first-order valence-electron chi connectivity index (χ1n) is 4.77. The van der Waals surface area contributed by atoms with Crippen LogP contribution in [0, 0.1) is 0 Å². The lowest BCUT2D eigenvalue weighted by atomic mass is 10.3. The molecule has 14 heavy (non-hydrogen) atoms. The Balaban J connectivity index is 3.22. The van der Waals surface area contributed by atoms with Gasteiger partial charge in [-0.05, 0) is 6.92 Å². The van der Waals surface area contributed by atoms with Crippen LogP contribution >= 0.6 is 0 Å². The molecule has 0 atom stereocenters. The predicted molar refractivity (Wildman–Crippen MR) is 57.2 cm³/mol. The smallest absolute Gasteiger partial charge is 0.221 e. The van der Waals surface area contributed by atoms with Gasteiger partial charge in [-0.1, -0.05) is 12.2 Å². The zero-order valence-corrected chi connectivity index (χ0v) is 9.06. The van der Waals surface area contributed by atoms with Crippen LogP contribution < -0.4 is 10.6 Å². The monoisotopic (exact) mass is 200 g/mol. The molecule has 0 radical (unpaired) electrons. The van der Waals surface area contributed by atoms with E-state index in [0.29, 0.717) is 26.1 Å². The van der Waals surface area contributed by atoms with E-state index in [0.717, 1.165) is 12.1 Å². The molecule has 2 N–H and O–H groups in total. The van der Waals surface area contributed by atoms with Gasteiger partial charge in [-0.15, -0.1) is 0 Å². The first-order valence-corrected chi connectivity index (χ1v) is 4.77. The minimum absolute atomic E-state index is 0.0521. The van der Waals surface area contributed by atoms with Crippen molar-refractivity contribution in [2.45, 2.75) is 13.3 Å². The Kier molecular flexibility index (Phi) is 8.17. The van der Waals surface area contributed by atoms with Crippen LogP contribution in [-0.4, -0.2) is 39.3 Å². The van der Waals surface area contributed by atoms with Crippen LogP contribution in [-0.2, 0) is 9.53 Å². The fraction of sp³-hybridized carbons (Fsp3) is 0.700. The second kappa shape index (κ2) is 8.72. The van der Waals surface area contributed by atoms with E-state index in [4.69, 9.17) is 4.74 Å². The second-order valence-corrected chi connectivity index (χ2v) is 3.23. The van der Waals surface area contributed by atoms with Gasteiger partial charge in [0.2, 0.25) is 5.91 Å². The number of hydrogen-bond donors (Lipinski definition) is 2. The van der Waals surface area contributed by atoms with Gasteiger partial charge in [-0.25, -0.2) is 0 Å². The average molecular weight is 200 g/mol. The van der Waals surface area contributed by atoms with E-state index in [1.54, 1.807) is 7.11 Å². The van der Waals surface area contributed by atoms with Crippen LogP contribution in [0.5, 0.6) is 0 Å². The first-order chi connectivity index (χ1) is 6.66. The molecule has 0 aromatic carbocycles. The number of carbonyl (C=O) groups is 1. The molecular formula is C10H20N2O2. The summed E-state index contributed by atoms with van der Waals surface area (Å²) in [6, 6.07) is 0. The minimum Gasteiger partial charge on any atom is -0.383 e. The van der Waals surface area contributed by atoms with E-state index in [1.165, 1.54) is 0 Å². The van der Waals surface area contributed by atoms with Crippen molar-refractivity contribution in [1.29, 1.82) is 0 Å². The number of hydrogen-bond acceptors (Lipinski definition) is 3. The van der Waals surface area contributed by atoms with Gasteiger partial charge in [0, 0.05) is 33.2 Å². The van der Waals surface area contributed by atoms with Crippen molar-refractivity contribution in [3.8, 4) is 0 Å². The molecular weight excluding hydrogens is 180 g/mol. The molecule has 0 saturated carbocycles. The molecule has 0 rings (SSSR count). The summed E-state index contributed by atoms with van der Waals surface area (Å²) < 4.78 is 4.81. The van der Waals surface area contributed by atoms with Gasteiger partial charge in [0.1, 0.15) is 0 Å². The molecule has 0 heterocycles. The highest BCUT2D eigenvalue weighted by molar-refractivity contribution is 5.75. The Labute approximate surface area is 85.7 Å². The lowest BCUT2D eigenvalue weighted by molar-refractivity contribution is -0.121. The molecule has 0 spiro atoms. The summed E-state index contributed by atoms with van der Waals surface area (Å²) in [7, 11) is 1.61. The van der Waals surface area contributed by atoms with E-state index < -0.39 is 0 Å². The third-order valence-electron chi connectivity index (χ3n) is 1.58. The molecule has 4 heteroatoms. The molecule has 4 nitrogen and oxygen atoms in total. The SMILES string of the molecule is C=C(C)CNCCC(=O)NCCOC. The molecule has 1 amide bonds. The summed E-state index contributed by atoms with van der Waals surface area (Å²) in [5, 5.41) is 5.86. The molecule has 0 aliphatic carbocycles. The second-order valence-electron chi connectivity index (χ2n) is 3.23. The summed E-state index contributed by atoms with van der Waals surface area (Å²) >= 11 is 0. The van der Waals surface area contributed by atoms with Gasteiger partial charge in [-0.3, -0.25) is 4.79 Å². The molecule has 0 aliphatic heterocycles. The van der Waals surface area contributed by atoms with Crippen LogP contribution in [0.4, 0.5) is 0 Å². The zero-order valence-electron chi connectivity index (χ0n) is 9.06. The van der Waals surface area contributed by atoms with Crippen LogP contribution in [0.3, 0.4) is 0 Å². The van der Waals surface area contributed by atoms with Gasteiger partial charge in [0.15, 0.2) is 0 Å². The van der Waals surface area contributed by atoms with Crippen molar-refractivity contribution in [1.82, 2.24) is 10.6 Å². The highest BCUT2D eigenvalue weighted by atomic mass is 16.5. The number of amides is 1. The summed E-state index contributed by atoms with van der Waals surface area (Å²) in [4.78, 5) is 11.1. The Morgan fingerprint density at radius 1 is 1.43 bits per heavy atom. The summed E-state index contributed by atoms with van der Waals surface area (Å²) in [5.41, 5.74) is 1.07. The molecule has 0 aromatic heterocycles. The van der Waals surface area contributed by atoms with Gasteiger partial charge in [0.05, 0.1) is 6.61 Å². The van der Waals surface area contributed by atoms with E-state index in [-0.39, 0.29) is 5.91 Å². The highest BCUT2D eigenvalue weighted by Crippen LogP contribution is 1.83. The Hall–Kier alpha value is -0.870. The van der Waals surface area contributed by atoms with Crippen molar-refractivity contribution in [3.05, 3.63) is 12.2 Å². The van der Waals surface area contributed by atoms with Crippen LogP contribution in [0.1, 0.15) is 13.3 Å².